The van der Waals surface area contributed by atoms with Crippen molar-refractivity contribution in [1.29, 1.82) is 0 Å². The van der Waals surface area contributed by atoms with Crippen LogP contribution in [-0.4, -0.2) is 41.7 Å². The minimum Gasteiger partial charge on any atom is -0.497 e. The van der Waals surface area contributed by atoms with Gasteiger partial charge in [0.2, 0.25) is 0 Å². The van der Waals surface area contributed by atoms with Gasteiger partial charge in [0.25, 0.3) is 5.56 Å². The van der Waals surface area contributed by atoms with E-state index < -0.39 is 0 Å². The number of methoxy groups -OCH3 is 2. The number of hydrogen-bond acceptors (Lipinski definition) is 5. The molecule has 30 heavy (non-hydrogen) atoms. The zero-order valence-electron chi connectivity index (χ0n) is 16.8. The summed E-state index contributed by atoms with van der Waals surface area (Å²) in [5.41, 5.74) is 2.42. The van der Waals surface area contributed by atoms with Crippen LogP contribution in [-0.2, 0) is 13.0 Å². The lowest BCUT2D eigenvalue weighted by atomic mass is 10.1. The van der Waals surface area contributed by atoms with E-state index in [4.69, 9.17) is 9.47 Å². The third-order valence-corrected chi connectivity index (χ3v) is 5.01. The van der Waals surface area contributed by atoms with Gasteiger partial charge in [-0.1, -0.05) is 30.3 Å². The summed E-state index contributed by atoms with van der Waals surface area (Å²) >= 11 is 0. The fraction of sp³-hybridized carbons (Fsp3) is 0.227. The zero-order chi connectivity index (χ0) is 21.1. The Labute approximate surface area is 173 Å². The van der Waals surface area contributed by atoms with Crippen LogP contribution in [0.5, 0.6) is 11.5 Å². The topological polar surface area (TPSA) is 96.5 Å². The molecule has 2 amide bonds. The fourth-order valence-corrected chi connectivity index (χ4v) is 3.41. The van der Waals surface area contributed by atoms with E-state index in [9.17, 15) is 9.59 Å². The summed E-state index contributed by atoms with van der Waals surface area (Å²) < 4.78 is 10.5. The van der Waals surface area contributed by atoms with Crippen LogP contribution in [0.15, 0.2) is 53.3 Å². The van der Waals surface area contributed by atoms with Crippen LogP contribution < -0.4 is 20.3 Å². The molecule has 0 radical (unpaired) electrons. The molecule has 3 aromatic rings. The molecule has 2 aromatic carbocycles. The smallest absolute Gasteiger partial charge is 0.322 e. The van der Waals surface area contributed by atoms with E-state index in [0.29, 0.717) is 41.5 Å². The first-order chi connectivity index (χ1) is 14.6. The van der Waals surface area contributed by atoms with Crippen molar-refractivity contribution in [2.45, 2.75) is 13.0 Å². The molecule has 0 saturated carbocycles. The van der Waals surface area contributed by atoms with Gasteiger partial charge in [-0.25, -0.2) is 9.78 Å². The van der Waals surface area contributed by atoms with Crippen LogP contribution in [0.2, 0.25) is 0 Å². The number of H-pyrrole nitrogens is 1. The Balaban J connectivity index is 1.53. The van der Waals surface area contributed by atoms with E-state index in [0.717, 1.165) is 11.3 Å². The van der Waals surface area contributed by atoms with Crippen LogP contribution in [0.3, 0.4) is 0 Å². The van der Waals surface area contributed by atoms with E-state index in [1.54, 1.807) is 37.3 Å². The normalized spacial score (nSPS) is 12.8. The number of anilines is 1. The van der Waals surface area contributed by atoms with Crippen LogP contribution >= 0.6 is 0 Å². The van der Waals surface area contributed by atoms with Gasteiger partial charge in [-0.2, -0.15) is 0 Å². The molecule has 154 valence electrons. The number of hydrogen-bond donors (Lipinski definition) is 2. The Morgan fingerprint density at radius 1 is 1.10 bits per heavy atom. The number of urea groups is 1. The number of nitrogens with zero attached hydrogens (tertiary/aromatic N) is 2. The van der Waals surface area contributed by atoms with Crippen molar-refractivity contribution in [3.05, 3.63) is 70.1 Å². The Bertz CT molecular complexity index is 1110. The average molecular weight is 406 g/mol. The largest absolute Gasteiger partial charge is 0.497 e. The van der Waals surface area contributed by atoms with Crippen molar-refractivity contribution < 1.29 is 14.3 Å². The van der Waals surface area contributed by atoms with Gasteiger partial charge in [-0.05, 0) is 0 Å². The molecule has 1 aliphatic heterocycles. The zero-order valence-corrected chi connectivity index (χ0v) is 16.8. The summed E-state index contributed by atoms with van der Waals surface area (Å²) in [5.74, 6) is 1.69. The molecule has 8 nitrogen and oxygen atoms in total. The molecule has 0 fully saturated rings. The van der Waals surface area contributed by atoms with E-state index >= 15 is 0 Å². The first-order valence-corrected chi connectivity index (χ1v) is 9.54. The summed E-state index contributed by atoms with van der Waals surface area (Å²) in [6, 6.07) is 14.3. The van der Waals surface area contributed by atoms with Crippen molar-refractivity contribution in [3.8, 4) is 22.9 Å². The highest BCUT2D eigenvalue weighted by Gasteiger charge is 2.25. The minimum atomic E-state index is -0.303. The number of nitrogens with one attached hydrogen (secondary N) is 2. The fourth-order valence-electron chi connectivity index (χ4n) is 3.41. The molecule has 0 saturated heterocycles. The SMILES string of the molecule is COc1cc(NC(=O)N2CCc3nc(-c4ccccc4)[nH]c(=O)c3C2)cc(OC)c1. The van der Waals surface area contributed by atoms with Crippen LogP contribution in [0, 0.1) is 0 Å². The van der Waals surface area contributed by atoms with E-state index in [1.165, 1.54) is 0 Å². The highest BCUT2D eigenvalue weighted by molar-refractivity contribution is 5.90. The van der Waals surface area contributed by atoms with Crippen LogP contribution in [0.4, 0.5) is 10.5 Å². The Hall–Kier alpha value is -3.81. The maximum absolute atomic E-state index is 12.8. The molecule has 1 aromatic heterocycles. The molecule has 1 aliphatic rings. The van der Waals surface area contributed by atoms with Crippen LogP contribution in [0.1, 0.15) is 11.3 Å². The molecule has 0 bridgehead atoms. The highest BCUT2D eigenvalue weighted by atomic mass is 16.5. The minimum absolute atomic E-state index is 0.194. The van der Waals surface area contributed by atoms with Crippen molar-refractivity contribution in [1.82, 2.24) is 14.9 Å². The molecule has 8 heteroatoms. The second-order valence-corrected chi connectivity index (χ2v) is 6.91. The first-order valence-electron chi connectivity index (χ1n) is 9.54. The first kappa shape index (κ1) is 19.5. The quantitative estimate of drug-likeness (QED) is 0.694. The predicted octanol–water partition coefficient (Wildman–Crippen LogP) is 3.04. The Kier molecular flexibility index (Phi) is 5.38. The van der Waals surface area contributed by atoms with Gasteiger partial charge in [0, 0.05) is 42.4 Å². The molecular formula is C22H22N4O4. The van der Waals surface area contributed by atoms with Gasteiger partial charge in [-0.15, -0.1) is 0 Å². The van der Waals surface area contributed by atoms with E-state index in [-0.39, 0.29) is 18.1 Å². The number of ether oxygens (including phenoxy) is 2. The number of benzene rings is 2. The average Bonchev–Trinajstić information content (AvgIpc) is 2.79. The van der Waals surface area contributed by atoms with Gasteiger partial charge in [0.05, 0.1) is 32.0 Å². The maximum atomic E-state index is 12.8. The van der Waals surface area contributed by atoms with Crippen molar-refractivity contribution >= 4 is 11.7 Å². The van der Waals surface area contributed by atoms with E-state index in [1.807, 2.05) is 30.3 Å². The number of carbonyl (C=O) groups excluding carboxylic acids is 1. The van der Waals surface area contributed by atoms with E-state index in [2.05, 4.69) is 15.3 Å². The monoisotopic (exact) mass is 406 g/mol. The van der Waals surface area contributed by atoms with Gasteiger partial charge < -0.3 is 24.7 Å². The summed E-state index contributed by atoms with van der Waals surface area (Å²) in [6.45, 7) is 0.657. The second-order valence-electron chi connectivity index (χ2n) is 6.91. The third-order valence-electron chi connectivity index (χ3n) is 5.01. The van der Waals surface area contributed by atoms with Crippen molar-refractivity contribution in [2.24, 2.45) is 0 Å². The Morgan fingerprint density at radius 2 is 1.80 bits per heavy atom. The summed E-state index contributed by atoms with van der Waals surface area (Å²) in [5, 5.41) is 2.84. The number of carbonyl (C=O) groups is 1. The summed E-state index contributed by atoms with van der Waals surface area (Å²) in [7, 11) is 3.09. The molecule has 0 atom stereocenters. The van der Waals surface area contributed by atoms with Crippen molar-refractivity contribution in [3.63, 3.8) is 0 Å². The second kappa shape index (κ2) is 8.28. The van der Waals surface area contributed by atoms with Gasteiger partial charge in [0.15, 0.2) is 0 Å². The van der Waals surface area contributed by atoms with Crippen LogP contribution in [0.25, 0.3) is 11.4 Å². The maximum Gasteiger partial charge on any atom is 0.322 e. The summed E-state index contributed by atoms with van der Waals surface area (Å²) in [6.07, 6.45) is 0.508. The standard InChI is InChI=1S/C22H22N4O4/c1-29-16-10-15(11-17(12-16)30-2)23-22(28)26-9-8-19-18(13-26)21(27)25-20(24-19)14-6-4-3-5-7-14/h3-7,10-12H,8-9,13H2,1-2H3,(H,23,28)(H,24,25,27). The molecular weight excluding hydrogens is 384 g/mol. The molecule has 0 unspecified atom stereocenters. The van der Waals surface area contributed by atoms with Gasteiger partial charge >= 0.3 is 6.03 Å². The molecule has 2 heterocycles. The number of amides is 2. The van der Waals surface area contributed by atoms with Gasteiger partial charge in [0.1, 0.15) is 17.3 Å². The number of rotatable bonds is 4. The molecule has 0 aliphatic carbocycles. The molecule has 4 rings (SSSR count). The number of fused-ring (bicyclic) bond motifs is 1. The summed E-state index contributed by atoms with van der Waals surface area (Å²) in [4.78, 5) is 34.5. The lowest BCUT2D eigenvalue weighted by molar-refractivity contribution is 0.205. The third kappa shape index (κ3) is 3.98. The van der Waals surface area contributed by atoms with Crippen molar-refractivity contribution in [2.75, 3.05) is 26.1 Å². The van der Waals surface area contributed by atoms with Gasteiger partial charge in [-0.3, -0.25) is 4.79 Å². The number of aromatic amines is 1. The molecule has 2 N–H and O–H groups in total. The molecule has 0 spiro atoms. The Morgan fingerprint density at radius 3 is 2.47 bits per heavy atom. The lowest BCUT2D eigenvalue weighted by Gasteiger charge is -2.28. The lowest BCUT2D eigenvalue weighted by Crippen LogP contribution is -2.41. The predicted molar refractivity (Wildman–Crippen MR) is 113 cm³/mol. The number of aromatic nitrogens is 2. The highest BCUT2D eigenvalue weighted by Crippen LogP contribution is 2.26.